The highest BCUT2D eigenvalue weighted by Crippen LogP contribution is 2.22. The monoisotopic (exact) mass is 214 g/mol. The van der Waals surface area contributed by atoms with Gasteiger partial charge in [-0.05, 0) is 24.6 Å². The Morgan fingerprint density at radius 2 is 2.06 bits per heavy atom. The summed E-state index contributed by atoms with van der Waals surface area (Å²) in [6, 6.07) is 9.89. The number of benzene rings is 1. The van der Waals surface area contributed by atoms with E-state index in [1.54, 1.807) is 6.20 Å². The number of rotatable bonds is 2. The van der Waals surface area contributed by atoms with Crippen LogP contribution in [-0.2, 0) is 4.79 Å². The Morgan fingerprint density at radius 3 is 2.81 bits per heavy atom. The molecule has 82 valence electrons. The molecular formula is C13H14N2O. The zero-order valence-corrected chi connectivity index (χ0v) is 9.40. The summed E-state index contributed by atoms with van der Waals surface area (Å²) in [7, 11) is 0. The van der Waals surface area contributed by atoms with Crippen molar-refractivity contribution in [1.82, 2.24) is 10.3 Å². The van der Waals surface area contributed by atoms with Gasteiger partial charge in [-0.15, -0.1) is 0 Å². The van der Waals surface area contributed by atoms with Crippen LogP contribution in [0.5, 0.6) is 0 Å². The Labute approximate surface area is 94.5 Å². The molecule has 1 heterocycles. The molecule has 1 aromatic heterocycles. The first-order chi connectivity index (χ1) is 7.68. The van der Waals surface area contributed by atoms with Gasteiger partial charge in [0, 0.05) is 18.5 Å². The van der Waals surface area contributed by atoms with Crippen molar-refractivity contribution in [2.24, 2.45) is 0 Å². The van der Waals surface area contributed by atoms with Gasteiger partial charge in [0.15, 0.2) is 0 Å². The van der Waals surface area contributed by atoms with E-state index in [0.717, 1.165) is 16.5 Å². The summed E-state index contributed by atoms with van der Waals surface area (Å²) in [6.07, 6.45) is 1.77. The summed E-state index contributed by atoms with van der Waals surface area (Å²) >= 11 is 0. The third kappa shape index (κ3) is 2.03. The van der Waals surface area contributed by atoms with Crippen LogP contribution in [0.2, 0.25) is 0 Å². The van der Waals surface area contributed by atoms with Crippen LogP contribution >= 0.6 is 0 Å². The van der Waals surface area contributed by atoms with Crippen LogP contribution in [0.3, 0.4) is 0 Å². The van der Waals surface area contributed by atoms with Crippen molar-refractivity contribution in [2.45, 2.75) is 19.9 Å². The lowest BCUT2D eigenvalue weighted by Crippen LogP contribution is -2.23. The number of nitrogens with one attached hydrogen (secondary N) is 1. The van der Waals surface area contributed by atoms with E-state index in [9.17, 15) is 4.79 Å². The fraction of sp³-hybridized carbons (Fsp3) is 0.231. The second-order valence-corrected chi connectivity index (χ2v) is 3.84. The average molecular weight is 214 g/mol. The molecule has 1 N–H and O–H groups in total. The molecule has 1 atom stereocenters. The molecule has 0 unspecified atom stereocenters. The molecule has 0 spiro atoms. The molecule has 2 rings (SSSR count). The number of amides is 1. The number of carbonyl (C=O) groups excluding carboxylic acids is 1. The second-order valence-electron chi connectivity index (χ2n) is 3.84. The van der Waals surface area contributed by atoms with Crippen molar-refractivity contribution in [3.8, 4) is 0 Å². The van der Waals surface area contributed by atoms with Crippen molar-refractivity contribution < 1.29 is 4.79 Å². The number of hydrogen-bond donors (Lipinski definition) is 1. The SMILES string of the molecule is CC(=O)N[C@H](C)c1ccnc2ccccc12. The van der Waals surface area contributed by atoms with E-state index in [1.165, 1.54) is 6.92 Å². The van der Waals surface area contributed by atoms with Crippen LogP contribution in [-0.4, -0.2) is 10.9 Å². The Bertz CT molecular complexity index is 517. The molecule has 0 fully saturated rings. The van der Waals surface area contributed by atoms with Gasteiger partial charge in [-0.2, -0.15) is 0 Å². The van der Waals surface area contributed by atoms with E-state index < -0.39 is 0 Å². The third-order valence-corrected chi connectivity index (χ3v) is 2.57. The highest BCUT2D eigenvalue weighted by molar-refractivity contribution is 5.83. The lowest BCUT2D eigenvalue weighted by atomic mass is 10.0. The third-order valence-electron chi connectivity index (χ3n) is 2.57. The topological polar surface area (TPSA) is 42.0 Å². The van der Waals surface area contributed by atoms with Gasteiger partial charge in [0.1, 0.15) is 0 Å². The van der Waals surface area contributed by atoms with E-state index in [1.807, 2.05) is 37.3 Å². The minimum absolute atomic E-state index is 0.00500. The van der Waals surface area contributed by atoms with Crippen LogP contribution in [0.15, 0.2) is 36.5 Å². The normalized spacial score (nSPS) is 12.4. The molecule has 1 aromatic carbocycles. The van der Waals surface area contributed by atoms with Crippen molar-refractivity contribution >= 4 is 16.8 Å². The van der Waals surface area contributed by atoms with Crippen LogP contribution in [0.25, 0.3) is 10.9 Å². The number of hydrogen-bond acceptors (Lipinski definition) is 2. The van der Waals surface area contributed by atoms with Gasteiger partial charge in [0.2, 0.25) is 5.91 Å². The van der Waals surface area contributed by atoms with Crippen LogP contribution in [0.4, 0.5) is 0 Å². The molecule has 0 aliphatic carbocycles. The van der Waals surface area contributed by atoms with Crippen molar-refractivity contribution in [3.05, 3.63) is 42.1 Å². The summed E-state index contributed by atoms with van der Waals surface area (Å²) in [4.78, 5) is 15.3. The van der Waals surface area contributed by atoms with Gasteiger partial charge in [-0.1, -0.05) is 18.2 Å². The van der Waals surface area contributed by atoms with Crippen molar-refractivity contribution in [1.29, 1.82) is 0 Å². The molecule has 0 saturated carbocycles. The fourth-order valence-electron chi connectivity index (χ4n) is 1.88. The van der Waals surface area contributed by atoms with E-state index in [0.29, 0.717) is 0 Å². The molecule has 1 amide bonds. The van der Waals surface area contributed by atoms with Crippen molar-refractivity contribution in [2.75, 3.05) is 0 Å². The summed E-state index contributed by atoms with van der Waals surface area (Å²) in [5.74, 6) is -0.0200. The van der Waals surface area contributed by atoms with Crippen LogP contribution in [0.1, 0.15) is 25.5 Å². The Hall–Kier alpha value is -1.90. The number of carbonyl (C=O) groups is 1. The maximum Gasteiger partial charge on any atom is 0.217 e. The molecule has 0 aliphatic rings. The van der Waals surface area contributed by atoms with E-state index in [-0.39, 0.29) is 11.9 Å². The van der Waals surface area contributed by atoms with Crippen LogP contribution in [0, 0.1) is 0 Å². The summed E-state index contributed by atoms with van der Waals surface area (Å²) in [5, 5.41) is 3.97. The quantitative estimate of drug-likeness (QED) is 0.834. The first-order valence-corrected chi connectivity index (χ1v) is 5.29. The smallest absolute Gasteiger partial charge is 0.217 e. The minimum atomic E-state index is -0.0200. The Morgan fingerprint density at radius 1 is 1.31 bits per heavy atom. The molecule has 0 radical (unpaired) electrons. The lowest BCUT2D eigenvalue weighted by Gasteiger charge is -2.14. The van der Waals surface area contributed by atoms with E-state index >= 15 is 0 Å². The van der Waals surface area contributed by atoms with Gasteiger partial charge < -0.3 is 5.32 Å². The van der Waals surface area contributed by atoms with Gasteiger partial charge in [0.25, 0.3) is 0 Å². The molecule has 2 aromatic rings. The van der Waals surface area contributed by atoms with Crippen molar-refractivity contribution in [3.63, 3.8) is 0 Å². The number of fused-ring (bicyclic) bond motifs is 1. The van der Waals surface area contributed by atoms with Gasteiger partial charge in [-0.3, -0.25) is 9.78 Å². The summed E-state index contributed by atoms with van der Waals surface area (Å²) < 4.78 is 0. The molecule has 0 bridgehead atoms. The zero-order valence-electron chi connectivity index (χ0n) is 9.40. The minimum Gasteiger partial charge on any atom is -0.350 e. The predicted molar refractivity (Wildman–Crippen MR) is 64.0 cm³/mol. The summed E-state index contributed by atoms with van der Waals surface area (Å²) in [6.45, 7) is 3.50. The zero-order chi connectivity index (χ0) is 11.5. The van der Waals surface area contributed by atoms with Gasteiger partial charge in [-0.25, -0.2) is 0 Å². The standard InChI is InChI=1S/C13H14N2O/c1-9(15-10(2)16)11-7-8-14-13-6-4-3-5-12(11)13/h3-9H,1-2H3,(H,15,16)/t9-/m1/s1. The molecular weight excluding hydrogens is 200 g/mol. The maximum absolute atomic E-state index is 11.0. The second kappa shape index (κ2) is 4.31. The highest BCUT2D eigenvalue weighted by Gasteiger charge is 2.09. The molecule has 3 heteroatoms. The number of nitrogens with zero attached hydrogens (tertiary/aromatic N) is 1. The van der Waals surface area contributed by atoms with E-state index in [4.69, 9.17) is 0 Å². The lowest BCUT2D eigenvalue weighted by molar-refractivity contribution is -0.119. The molecule has 16 heavy (non-hydrogen) atoms. The largest absolute Gasteiger partial charge is 0.350 e. The maximum atomic E-state index is 11.0. The Balaban J connectivity index is 2.47. The summed E-state index contributed by atoms with van der Waals surface area (Å²) in [5.41, 5.74) is 2.05. The number of para-hydroxylation sites is 1. The highest BCUT2D eigenvalue weighted by atomic mass is 16.1. The molecule has 3 nitrogen and oxygen atoms in total. The first kappa shape index (κ1) is 10.6. The van der Waals surface area contributed by atoms with Crippen LogP contribution < -0.4 is 5.32 Å². The van der Waals surface area contributed by atoms with E-state index in [2.05, 4.69) is 10.3 Å². The predicted octanol–water partition coefficient (Wildman–Crippen LogP) is 2.43. The number of pyridine rings is 1. The van der Waals surface area contributed by atoms with Gasteiger partial charge in [0.05, 0.1) is 11.6 Å². The average Bonchev–Trinajstić information content (AvgIpc) is 2.27. The fourth-order valence-corrected chi connectivity index (χ4v) is 1.88. The molecule has 0 aliphatic heterocycles. The molecule has 0 saturated heterocycles. The number of aromatic nitrogens is 1. The van der Waals surface area contributed by atoms with Gasteiger partial charge >= 0.3 is 0 Å². The first-order valence-electron chi connectivity index (χ1n) is 5.29. The Kier molecular flexibility index (Phi) is 2.86.